The summed E-state index contributed by atoms with van der Waals surface area (Å²) in [5.41, 5.74) is 0. The summed E-state index contributed by atoms with van der Waals surface area (Å²) < 4.78 is 29.6. The van der Waals surface area contributed by atoms with Crippen LogP contribution in [0, 0.1) is 0 Å². The smallest absolute Gasteiger partial charge is 0.257 e. The van der Waals surface area contributed by atoms with E-state index in [9.17, 15) is 8.42 Å². The van der Waals surface area contributed by atoms with Gasteiger partial charge in [0, 0.05) is 31.9 Å². The van der Waals surface area contributed by atoms with Crippen molar-refractivity contribution in [3.63, 3.8) is 0 Å². The van der Waals surface area contributed by atoms with Crippen molar-refractivity contribution in [1.82, 2.24) is 9.55 Å². The highest BCUT2D eigenvalue weighted by molar-refractivity contribution is 7.89. The van der Waals surface area contributed by atoms with Gasteiger partial charge in [0.15, 0.2) is 5.03 Å². The SMILES string of the molecule is CCOCCCn1cc(S(N)(=O)=O)nc1C(C)C. The highest BCUT2D eigenvalue weighted by atomic mass is 32.2. The van der Waals surface area contributed by atoms with Gasteiger partial charge in [-0.15, -0.1) is 0 Å². The Morgan fingerprint density at radius 3 is 2.67 bits per heavy atom. The average Bonchev–Trinajstić information content (AvgIpc) is 2.68. The minimum absolute atomic E-state index is 0.0670. The molecule has 6 nitrogen and oxygen atoms in total. The van der Waals surface area contributed by atoms with Crippen molar-refractivity contribution in [2.45, 2.75) is 44.7 Å². The van der Waals surface area contributed by atoms with Crippen LogP contribution in [0.15, 0.2) is 11.2 Å². The molecule has 104 valence electrons. The van der Waals surface area contributed by atoms with Crippen LogP contribution >= 0.6 is 0 Å². The summed E-state index contributed by atoms with van der Waals surface area (Å²) in [4.78, 5) is 4.09. The van der Waals surface area contributed by atoms with Gasteiger partial charge < -0.3 is 9.30 Å². The van der Waals surface area contributed by atoms with E-state index in [1.807, 2.05) is 25.3 Å². The van der Waals surface area contributed by atoms with E-state index < -0.39 is 10.0 Å². The number of aryl methyl sites for hydroxylation is 1. The van der Waals surface area contributed by atoms with Gasteiger partial charge in [-0.1, -0.05) is 13.8 Å². The van der Waals surface area contributed by atoms with E-state index in [1.54, 1.807) is 0 Å². The minimum Gasteiger partial charge on any atom is -0.382 e. The molecule has 0 bridgehead atoms. The van der Waals surface area contributed by atoms with Crippen molar-refractivity contribution in [2.75, 3.05) is 13.2 Å². The molecule has 0 spiro atoms. The number of nitrogens with two attached hydrogens (primary N) is 1. The standard InChI is InChI=1S/C11H21N3O3S/c1-4-17-7-5-6-14-8-10(18(12,15)16)13-11(14)9(2)3/h8-9H,4-7H2,1-3H3,(H2,12,15,16). The first-order chi connectivity index (χ1) is 8.36. The fourth-order valence-electron chi connectivity index (χ4n) is 1.66. The molecule has 1 heterocycles. The van der Waals surface area contributed by atoms with Crippen LogP contribution in [0.25, 0.3) is 0 Å². The monoisotopic (exact) mass is 275 g/mol. The fourth-order valence-corrected chi connectivity index (χ4v) is 2.16. The molecule has 7 heteroatoms. The lowest BCUT2D eigenvalue weighted by Gasteiger charge is -2.09. The Morgan fingerprint density at radius 2 is 2.17 bits per heavy atom. The van der Waals surface area contributed by atoms with Crippen molar-refractivity contribution < 1.29 is 13.2 Å². The summed E-state index contributed by atoms with van der Waals surface area (Å²) >= 11 is 0. The molecular formula is C11H21N3O3S. The van der Waals surface area contributed by atoms with E-state index in [4.69, 9.17) is 9.88 Å². The number of nitrogens with zero attached hydrogens (tertiary/aromatic N) is 2. The first-order valence-electron chi connectivity index (χ1n) is 6.03. The second-order valence-electron chi connectivity index (χ2n) is 4.38. The van der Waals surface area contributed by atoms with E-state index in [0.29, 0.717) is 19.8 Å². The van der Waals surface area contributed by atoms with Gasteiger partial charge in [-0.3, -0.25) is 0 Å². The Balaban J connectivity index is 2.85. The van der Waals surface area contributed by atoms with Gasteiger partial charge in [0.25, 0.3) is 10.0 Å². The largest absolute Gasteiger partial charge is 0.382 e. The number of imidazole rings is 1. The van der Waals surface area contributed by atoms with Gasteiger partial charge in [-0.25, -0.2) is 18.5 Å². The zero-order chi connectivity index (χ0) is 13.8. The summed E-state index contributed by atoms with van der Waals surface area (Å²) in [6.07, 6.45) is 2.31. The molecule has 18 heavy (non-hydrogen) atoms. The predicted molar refractivity (Wildman–Crippen MR) is 68.8 cm³/mol. The lowest BCUT2D eigenvalue weighted by atomic mass is 10.2. The zero-order valence-corrected chi connectivity index (χ0v) is 11.9. The first-order valence-corrected chi connectivity index (χ1v) is 7.58. The Kier molecular flexibility index (Phi) is 5.30. The second kappa shape index (κ2) is 6.31. The summed E-state index contributed by atoms with van der Waals surface area (Å²) in [7, 11) is -3.74. The van der Waals surface area contributed by atoms with E-state index >= 15 is 0 Å². The van der Waals surface area contributed by atoms with Crippen LogP contribution in [0.2, 0.25) is 0 Å². The summed E-state index contributed by atoms with van der Waals surface area (Å²) in [5, 5.41) is 5.02. The Hall–Kier alpha value is -0.920. The normalized spacial score (nSPS) is 12.3. The van der Waals surface area contributed by atoms with Crippen LogP contribution in [0.3, 0.4) is 0 Å². The molecule has 0 unspecified atom stereocenters. The fraction of sp³-hybridized carbons (Fsp3) is 0.727. The van der Waals surface area contributed by atoms with E-state index in [1.165, 1.54) is 6.20 Å². The number of hydrogen-bond acceptors (Lipinski definition) is 4. The lowest BCUT2D eigenvalue weighted by Crippen LogP contribution is -2.12. The van der Waals surface area contributed by atoms with Crippen molar-refractivity contribution >= 4 is 10.0 Å². The number of hydrogen-bond donors (Lipinski definition) is 1. The molecule has 1 rings (SSSR count). The van der Waals surface area contributed by atoms with Gasteiger partial charge in [0.05, 0.1) is 0 Å². The van der Waals surface area contributed by atoms with Crippen molar-refractivity contribution in [2.24, 2.45) is 5.14 Å². The summed E-state index contributed by atoms with van der Waals surface area (Å²) in [6, 6.07) is 0. The van der Waals surface area contributed by atoms with Crippen molar-refractivity contribution in [3.8, 4) is 0 Å². The molecule has 0 aromatic carbocycles. The van der Waals surface area contributed by atoms with Gasteiger partial charge in [-0.2, -0.15) is 0 Å². The molecule has 0 atom stereocenters. The van der Waals surface area contributed by atoms with Crippen LogP contribution in [0.4, 0.5) is 0 Å². The van der Waals surface area contributed by atoms with Crippen LogP contribution in [0.1, 0.15) is 38.9 Å². The number of rotatable bonds is 7. The third-order valence-electron chi connectivity index (χ3n) is 2.49. The van der Waals surface area contributed by atoms with E-state index in [2.05, 4.69) is 4.98 Å². The molecule has 0 amide bonds. The maximum absolute atomic E-state index is 11.3. The summed E-state index contributed by atoms with van der Waals surface area (Å²) in [5.74, 6) is 0.878. The zero-order valence-electron chi connectivity index (χ0n) is 11.1. The van der Waals surface area contributed by atoms with Crippen molar-refractivity contribution in [1.29, 1.82) is 0 Å². The second-order valence-corrected chi connectivity index (χ2v) is 5.89. The third-order valence-corrected chi connectivity index (χ3v) is 3.26. The molecule has 0 radical (unpaired) electrons. The molecular weight excluding hydrogens is 254 g/mol. The molecule has 0 saturated carbocycles. The molecule has 2 N–H and O–H groups in total. The average molecular weight is 275 g/mol. The Morgan fingerprint density at radius 1 is 1.50 bits per heavy atom. The molecule has 0 aliphatic rings. The Labute approximate surface area is 108 Å². The van der Waals surface area contributed by atoms with Gasteiger partial charge in [0.2, 0.25) is 0 Å². The number of ether oxygens (including phenoxy) is 1. The molecule has 1 aromatic heterocycles. The quantitative estimate of drug-likeness (QED) is 0.754. The first kappa shape index (κ1) is 15.1. The lowest BCUT2D eigenvalue weighted by molar-refractivity contribution is 0.141. The van der Waals surface area contributed by atoms with E-state index in [0.717, 1.165) is 12.2 Å². The van der Waals surface area contributed by atoms with E-state index in [-0.39, 0.29) is 10.9 Å². The van der Waals surface area contributed by atoms with Crippen molar-refractivity contribution in [3.05, 3.63) is 12.0 Å². The van der Waals surface area contributed by atoms with Gasteiger partial charge >= 0.3 is 0 Å². The van der Waals surface area contributed by atoms with Crippen LogP contribution in [-0.4, -0.2) is 31.2 Å². The van der Waals surface area contributed by atoms with Crippen LogP contribution in [0.5, 0.6) is 0 Å². The van der Waals surface area contributed by atoms with Crippen LogP contribution in [-0.2, 0) is 21.3 Å². The maximum atomic E-state index is 11.3. The van der Waals surface area contributed by atoms with Gasteiger partial charge in [-0.05, 0) is 13.3 Å². The Bertz CT molecular complexity index is 480. The molecule has 0 fully saturated rings. The molecule has 0 aliphatic heterocycles. The van der Waals surface area contributed by atoms with Gasteiger partial charge in [0.1, 0.15) is 5.82 Å². The molecule has 1 aromatic rings. The number of sulfonamides is 1. The number of aromatic nitrogens is 2. The predicted octanol–water partition coefficient (Wildman–Crippen LogP) is 1.08. The minimum atomic E-state index is -3.74. The highest BCUT2D eigenvalue weighted by Crippen LogP contribution is 2.16. The summed E-state index contributed by atoms with van der Waals surface area (Å²) in [6.45, 7) is 7.88. The van der Waals surface area contributed by atoms with Crippen LogP contribution < -0.4 is 5.14 Å². The molecule has 0 saturated heterocycles. The number of primary sulfonamides is 1. The molecule has 0 aliphatic carbocycles. The third kappa shape index (κ3) is 4.08. The highest BCUT2D eigenvalue weighted by Gasteiger charge is 2.17. The maximum Gasteiger partial charge on any atom is 0.257 e. The topological polar surface area (TPSA) is 87.2 Å².